The van der Waals surface area contributed by atoms with E-state index in [0.717, 1.165) is 5.56 Å². The second-order valence-corrected chi connectivity index (χ2v) is 8.30. The molecule has 0 radical (unpaired) electrons. The lowest BCUT2D eigenvalue weighted by molar-refractivity contribution is -0.136. The molecule has 0 aromatic heterocycles. The molecule has 30 heavy (non-hydrogen) atoms. The molecular formula is C23H31N3O4. The monoisotopic (exact) mass is 413 g/mol. The molecule has 2 aliphatic heterocycles. The Morgan fingerprint density at radius 1 is 1.00 bits per heavy atom. The van der Waals surface area contributed by atoms with Gasteiger partial charge in [-0.3, -0.25) is 14.4 Å². The van der Waals surface area contributed by atoms with Gasteiger partial charge in [0.1, 0.15) is 5.78 Å². The number of benzene rings is 1. The van der Waals surface area contributed by atoms with Gasteiger partial charge >= 0.3 is 0 Å². The molecular weight excluding hydrogens is 382 g/mol. The highest BCUT2D eigenvalue weighted by atomic mass is 16.2. The summed E-state index contributed by atoms with van der Waals surface area (Å²) in [5, 5.41) is 0. The van der Waals surface area contributed by atoms with Crippen molar-refractivity contribution in [1.82, 2.24) is 14.7 Å². The highest BCUT2D eigenvalue weighted by Crippen LogP contribution is 2.29. The van der Waals surface area contributed by atoms with Crippen molar-refractivity contribution in [2.24, 2.45) is 5.92 Å². The van der Waals surface area contributed by atoms with Crippen LogP contribution in [0.1, 0.15) is 51.1 Å². The highest BCUT2D eigenvalue weighted by molar-refractivity contribution is 5.89. The normalized spacial score (nSPS) is 20.8. The van der Waals surface area contributed by atoms with Crippen molar-refractivity contribution in [2.45, 2.75) is 45.6 Å². The molecule has 3 amide bonds. The van der Waals surface area contributed by atoms with Crippen LogP contribution in [-0.2, 0) is 19.2 Å². The molecule has 7 nitrogen and oxygen atoms in total. The minimum atomic E-state index is -0.330. The van der Waals surface area contributed by atoms with Gasteiger partial charge in [0.15, 0.2) is 0 Å². The Morgan fingerprint density at radius 2 is 1.67 bits per heavy atom. The maximum Gasteiger partial charge on any atom is 0.228 e. The molecule has 1 aromatic rings. The molecule has 2 fully saturated rings. The third-order valence-corrected chi connectivity index (χ3v) is 6.11. The number of carbonyl (C=O) groups is 4. The molecule has 0 spiro atoms. The summed E-state index contributed by atoms with van der Waals surface area (Å²) in [7, 11) is 0. The number of Topliss-reactive ketones (excluding diaryl/α,β-unsaturated/α-hetero) is 1. The van der Waals surface area contributed by atoms with Crippen LogP contribution in [-0.4, -0.2) is 70.9 Å². The number of amides is 3. The number of likely N-dealkylation sites (tertiary alicyclic amines) is 1. The summed E-state index contributed by atoms with van der Waals surface area (Å²) >= 11 is 0. The Balaban J connectivity index is 1.56. The molecule has 2 atom stereocenters. The number of nitrogens with zero attached hydrogens (tertiary/aromatic N) is 3. The van der Waals surface area contributed by atoms with E-state index in [9.17, 15) is 19.2 Å². The first-order chi connectivity index (χ1) is 14.4. The standard InChI is InChI=1S/C23H31N3O4/c1-17(27)9-10-21(28)24-11-6-12-25(14-13-24)23(30)20-15-22(29)26(16-20)18(2)19-7-4-3-5-8-19/h3-5,7-8,18,20H,6,9-16H2,1-2H3. The van der Waals surface area contributed by atoms with E-state index >= 15 is 0 Å². The summed E-state index contributed by atoms with van der Waals surface area (Å²) in [6.07, 6.45) is 1.44. The lowest BCUT2D eigenvalue weighted by atomic mass is 10.1. The first-order valence-corrected chi connectivity index (χ1v) is 10.8. The first kappa shape index (κ1) is 22.0. The molecule has 1 aromatic carbocycles. The Labute approximate surface area is 178 Å². The van der Waals surface area contributed by atoms with Crippen molar-refractivity contribution in [2.75, 3.05) is 32.7 Å². The van der Waals surface area contributed by atoms with Gasteiger partial charge in [-0.25, -0.2) is 0 Å². The fourth-order valence-corrected chi connectivity index (χ4v) is 4.27. The van der Waals surface area contributed by atoms with Crippen molar-refractivity contribution in [3.8, 4) is 0 Å². The number of carbonyl (C=O) groups excluding carboxylic acids is 4. The van der Waals surface area contributed by atoms with Gasteiger partial charge in [0.05, 0.1) is 12.0 Å². The van der Waals surface area contributed by atoms with E-state index in [1.54, 1.807) is 14.7 Å². The fourth-order valence-electron chi connectivity index (χ4n) is 4.27. The highest BCUT2D eigenvalue weighted by Gasteiger charge is 2.39. The quantitative estimate of drug-likeness (QED) is 0.715. The molecule has 162 valence electrons. The average Bonchev–Trinajstić information content (AvgIpc) is 2.97. The number of hydrogen-bond acceptors (Lipinski definition) is 4. The van der Waals surface area contributed by atoms with Crippen molar-refractivity contribution in [3.63, 3.8) is 0 Å². The lowest BCUT2D eigenvalue weighted by Crippen LogP contribution is -2.41. The van der Waals surface area contributed by atoms with Gasteiger partial charge in [-0.2, -0.15) is 0 Å². The van der Waals surface area contributed by atoms with E-state index in [1.165, 1.54) is 6.92 Å². The van der Waals surface area contributed by atoms with Crippen LogP contribution in [0.15, 0.2) is 30.3 Å². The summed E-state index contributed by atoms with van der Waals surface area (Å²) < 4.78 is 0. The molecule has 2 heterocycles. The zero-order valence-electron chi connectivity index (χ0n) is 17.9. The molecule has 7 heteroatoms. The summed E-state index contributed by atoms with van der Waals surface area (Å²) in [5.74, 6) is -0.332. The van der Waals surface area contributed by atoms with Crippen LogP contribution in [0.25, 0.3) is 0 Å². The van der Waals surface area contributed by atoms with E-state index in [-0.39, 0.29) is 54.7 Å². The van der Waals surface area contributed by atoms with Crippen LogP contribution in [0.5, 0.6) is 0 Å². The number of hydrogen-bond donors (Lipinski definition) is 0. The minimum Gasteiger partial charge on any atom is -0.341 e. The van der Waals surface area contributed by atoms with E-state index in [1.807, 2.05) is 37.3 Å². The van der Waals surface area contributed by atoms with Gasteiger partial charge in [0.2, 0.25) is 17.7 Å². The summed E-state index contributed by atoms with van der Waals surface area (Å²) in [4.78, 5) is 54.5. The number of ketones is 1. The van der Waals surface area contributed by atoms with Crippen molar-refractivity contribution >= 4 is 23.5 Å². The van der Waals surface area contributed by atoms with E-state index in [4.69, 9.17) is 0 Å². The van der Waals surface area contributed by atoms with Crippen LogP contribution in [0, 0.1) is 5.92 Å². The average molecular weight is 414 g/mol. The zero-order valence-corrected chi connectivity index (χ0v) is 17.9. The zero-order chi connectivity index (χ0) is 21.7. The number of rotatable bonds is 6. The molecule has 2 aliphatic rings. The van der Waals surface area contributed by atoms with E-state index in [2.05, 4.69) is 0 Å². The Kier molecular flexibility index (Phi) is 7.24. The third-order valence-electron chi connectivity index (χ3n) is 6.11. The Morgan fingerprint density at radius 3 is 2.37 bits per heavy atom. The molecule has 0 N–H and O–H groups in total. The van der Waals surface area contributed by atoms with Gasteiger partial charge in [-0.05, 0) is 25.8 Å². The van der Waals surface area contributed by atoms with Gasteiger partial charge < -0.3 is 19.5 Å². The topological polar surface area (TPSA) is 78.0 Å². The molecule has 0 saturated carbocycles. The third kappa shape index (κ3) is 5.26. The second kappa shape index (κ2) is 9.87. The Bertz CT molecular complexity index is 795. The van der Waals surface area contributed by atoms with Crippen molar-refractivity contribution < 1.29 is 19.2 Å². The SMILES string of the molecule is CC(=O)CCC(=O)N1CCCN(C(=O)C2CC(=O)N(C(C)c3ccccc3)C2)CC1. The lowest BCUT2D eigenvalue weighted by Gasteiger charge is -2.27. The van der Waals surface area contributed by atoms with Gasteiger partial charge in [-0.15, -0.1) is 0 Å². The maximum absolute atomic E-state index is 13.1. The first-order valence-electron chi connectivity index (χ1n) is 10.8. The molecule has 0 aliphatic carbocycles. The van der Waals surface area contributed by atoms with Crippen molar-refractivity contribution in [3.05, 3.63) is 35.9 Å². The van der Waals surface area contributed by atoms with Crippen LogP contribution in [0.4, 0.5) is 0 Å². The van der Waals surface area contributed by atoms with Gasteiger partial charge in [0, 0.05) is 52.0 Å². The van der Waals surface area contributed by atoms with E-state index < -0.39 is 0 Å². The summed E-state index contributed by atoms with van der Waals surface area (Å²) in [6, 6.07) is 9.79. The van der Waals surface area contributed by atoms with E-state index in [0.29, 0.717) is 39.1 Å². The smallest absolute Gasteiger partial charge is 0.228 e. The Hall–Kier alpha value is -2.70. The van der Waals surface area contributed by atoms with Gasteiger partial charge in [-0.1, -0.05) is 30.3 Å². The van der Waals surface area contributed by atoms with Crippen LogP contribution in [0.2, 0.25) is 0 Å². The fraction of sp³-hybridized carbons (Fsp3) is 0.565. The summed E-state index contributed by atoms with van der Waals surface area (Å²) in [6.45, 7) is 6.06. The van der Waals surface area contributed by atoms with Crippen LogP contribution in [0.3, 0.4) is 0 Å². The largest absolute Gasteiger partial charge is 0.341 e. The predicted molar refractivity (Wildman–Crippen MR) is 112 cm³/mol. The van der Waals surface area contributed by atoms with Crippen LogP contribution < -0.4 is 0 Å². The van der Waals surface area contributed by atoms with Gasteiger partial charge in [0.25, 0.3) is 0 Å². The molecule has 0 bridgehead atoms. The molecule has 3 rings (SSSR count). The van der Waals surface area contributed by atoms with Crippen LogP contribution >= 0.6 is 0 Å². The predicted octanol–water partition coefficient (Wildman–Crippen LogP) is 2.03. The maximum atomic E-state index is 13.1. The summed E-state index contributed by atoms with van der Waals surface area (Å²) in [5.41, 5.74) is 1.06. The second-order valence-electron chi connectivity index (χ2n) is 8.30. The molecule has 2 saturated heterocycles. The van der Waals surface area contributed by atoms with Crippen molar-refractivity contribution in [1.29, 1.82) is 0 Å². The molecule has 2 unspecified atom stereocenters. The minimum absolute atomic E-state index is 0.00384.